The second-order valence-electron chi connectivity index (χ2n) is 4.92. The zero-order valence-electron chi connectivity index (χ0n) is 11.7. The first-order valence-corrected chi connectivity index (χ1v) is 6.94. The lowest BCUT2D eigenvalue weighted by atomic mass is 10.2. The van der Waals surface area contributed by atoms with E-state index >= 15 is 0 Å². The molecule has 0 fully saturated rings. The highest BCUT2D eigenvalue weighted by molar-refractivity contribution is 6.35. The van der Waals surface area contributed by atoms with Crippen molar-refractivity contribution < 1.29 is 4.79 Å². The number of carbonyl (C=O) groups is 1. The van der Waals surface area contributed by atoms with E-state index in [2.05, 4.69) is 15.2 Å². The highest BCUT2D eigenvalue weighted by Gasteiger charge is 2.10. The summed E-state index contributed by atoms with van der Waals surface area (Å²) in [4.78, 5) is 18.5. The molecule has 20 heavy (non-hydrogen) atoms. The summed E-state index contributed by atoms with van der Waals surface area (Å²) in [5, 5.41) is 4.27. The van der Waals surface area contributed by atoms with Crippen molar-refractivity contribution >= 4 is 28.4 Å². The zero-order valence-corrected chi connectivity index (χ0v) is 12.4. The molecule has 0 saturated carbocycles. The number of amides is 1. The van der Waals surface area contributed by atoms with Crippen LogP contribution in [0.3, 0.4) is 0 Å². The van der Waals surface area contributed by atoms with Gasteiger partial charge in [0.05, 0.1) is 10.5 Å². The van der Waals surface area contributed by atoms with E-state index in [1.807, 2.05) is 38.4 Å². The van der Waals surface area contributed by atoms with E-state index in [4.69, 9.17) is 11.6 Å². The molecule has 0 saturated heterocycles. The van der Waals surface area contributed by atoms with Gasteiger partial charge >= 0.3 is 0 Å². The number of carbonyl (C=O) groups excluding carboxylic acids is 1. The van der Waals surface area contributed by atoms with E-state index in [9.17, 15) is 4.79 Å². The largest absolute Gasteiger partial charge is 0.351 e. The van der Waals surface area contributed by atoms with Gasteiger partial charge in [-0.3, -0.25) is 4.79 Å². The van der Waals surface area contributed by atoms with E-state index < -0.39 is 0 Å². The second kappa shape index (κ2) is 6.68. The summed E-state index contributed by atoms with van der Waals surface area (Å²) >= 11 is 6.18. The van der Waals surface area contributed by atoms with E-state index in [-0.39, 0.29) is 5.91 Å². The third-order valence-electron chi connectivity index (χ3n) is 2.97. The van der Waals surface area contributed by atoms with E-state index in [0.29, 0.717) is 17.3 Å². The molecule has 1 aromatic heterocycles. The lowest BCUT2D eigenvalue weighted by molar-refractivity contribution is 0.0947. The number of hydrogen-bond donors (Lipinski definition) is 1. The maximum atomic E-state index is 12.0. The first-order chi connectivity index (χ1) is 9.58. The number of hydrogen-bond acceptors (Lipinski definition) is 3. The average Bonchev–Trinajstić information content (AvgIpc) is 2.43. The van der Waals surface area contributed by atoms with Crippen LogP contribution >= 0.6 is 11.6 Å². The number of halogens is 1. The van der Waals surface area contributed by atoms with Crippen LogP contribution in [0.4, 0.5) is 0 Å². The summed E-state index contributed by atoms with van der Waals surface area (Å²) in [6, 6.07) is 9.14. The molecule has 4 nitrogen and oxygen atoms in total. The minimum absolute atomic E-state index is 0.184. The molecule has 0 aliphatic carbocycles. The van der Waals surface area contributed by atoms with Crippen molar-refractivity contribution in [1.82, 2.24) is 15.2 Å². The SMILES string of the molecule is CN(C)CCCNC(=O)c1cc(Cl)c2ccccc2n1. The van der Waals surface area contributed by atoms with Gasteiger partial charge in [0.15, 0.2) is 0 Å². The van der Waals surface area contributed by atoms with Crippen LogP contribution in [0, 0.1) is 0 Å². The van der Waals surface area contributed by atoms with Gasteiger partial charge in [-0.05, 0) is 39.2 Å². The average molecular weight is 292 g/mol. The quantitative estimate of drug-likeness (QED) is 0.861. The molecule has 1 N–H and O–H groups in total. The molecule has 0 aliphatic heterocycles. The minimum Gasteiger partial charge on any atom is -0.351 e. The summed E-state index contributed by atoms with van der Waals surface area (Å²) in [6.45, 7) is 1.56. The van der Waals surface area contributed by atoms with Crippen molar-refractivity contribution in [2.45, 2.75) is 6.42 Å². The molecule has 1 aromatic carbocycles. The number of fused-ring (bicyclic) bond motifs is 1. The van der Waals surface area contributed by atoms with Crippen molar-refractivity contribution in [3.63, 3.8) is 0 Å². The third-order valence-corrected chi connectivity index (χ3v) is 3.28. The summed E-state index contributed by atoms with van der Waals surface area (Å²) in [5.41, 5.74) is 1.09. The Bertz CT molecular complexity index is 613. The van der Waals surface area contributed by atoms with Gasteiger partial charge in [-0.2, -0.15) is 0 Å². The van der Waals surface area contributed by atoms with Crippen molar-refractivity contribution in [2.75, 3.05) is 27.2 Å². The predicted molar refractivity (Wildman–Crippen MR) is 82.3 cm³/mol. The normalized spacial score (nSPS) is 11.0. The predicted octanol–water partition coefficient (Wildman–Crippen LogP) is 2.57. The molecular formula is C15H18ClN3O. The molecule has 0 radical (unpaired) electrons. The summed E-state index contributed by atoms with van der Waals surface area (Å²) < 4.78 is 0. The highest BCUT2D eigenvalue weighted by Crippen LogP contribution is 2.22. The Morgan fingerprint density at radius 2 is 2.10 bits per heavy atom. The second-order valence-corrected chi connectivity index (χ2v) is 5.33. The fourth-order valence-electron chi connectivity index (χ4n) is 1.94. The molecule has 1 heterocycles. The van der Waals surface area contributed by atoms with Gasteiger partial charge in [0.25, 0.3) is 5.91 Å². The molecule has 5 heteroatoms. The minimum atomic E-state index is -0.184. The Hall–Kier alpha value is -1.65. The van der Waals surface area contributed by atoms with Gasteiger partial charge in [0.1, 0.15) is 5.69 Å². The van der Waals surface area contributed by atoms with Crippen LogP contribution in [0.2, 0.25) is 5.02 Å². The van der Waals surface area contributed by atoms with Crippen LogP contribution in [-0.4, -0.2) is 43.0 Å². The Morgan fingerprint density at radius 3 is 2.85 bits per heavy atom. The Kier molecular flexibility index (Phi) is 4.93. The highest BCUT2D eigenvalue weighted by atomic mass is 35.5. The van der Waals surface area contributed by atoms with Crippen molar-refractivity contribution in [1.29, 1.82) is 0 Å². The van der Waals surface area contributed by atoms with Crippen molar-refractivity contribution in [3.8, 4) is 0 Å². The molecule has 106 valence electrons. The molecule has 0 atom stereocenters. The molecule has 0 spiro atoms. The number of nitrogens with zero attached hydrogens (tertiary/aromatic N) is 2. The van der Waals surface area contributed by atoms with Crippen LogP contribution in [0.25, 0.3) is 10.9 Å². The maximum absolute atomic E-state index is 12.0. The third kappa shape index (κ3) is 3.68. The van der Waals surface area contributed by atoms with Crippen LogP contribution < -0.4 is 5.32 Å². The first kappa shape index (κ1) is 14.8. The molecule has 1 amide bonds. The number of benzene rings is 1. The van der Waals surface area contributed by atoms with E-state index in [1.165, 1.54) is 0 Å². The van der Waals surface area contributed by atoms with Crippen molar-refractivity contribution in [2.24, 2.45) is 0 Å². The monoisotopic (exact) mass is 291 g/mol. The number of pyridine rings is 1. The lowest BCUT2D eigenvalue weighted by Crippen LogP contribution is -2.27. The maximum Gasteiger partial charge on any atom is 0.269 e. The standard InChI is InChI=1S/C15H18ClN3O/c1-19(2)9-5-8-17-15(20)14-10-12(16)11-6-3-4-7-13(11)18-14/h3-4,6-7,10H,5,8-9H2,1-2H3,(H,17,20). The molecule has 0 aliphatic rings. The van der Waals surface area contributed by atoms with Crippen LogP contribution in [0.5, 0.6) is 0 Å². The Balaban J connectivity index is 2.07. The van der Waals surface area contributed by atoms with Crippen LogP contribution in [0.15, 0.2) is 30.3 Å². The Labute approximate surface area is 123 Å². The molecule has 2 aromatic rings. The lowest BCUT2D eigenvalue weighted by Gasteiger charge is -2.10. The number of rotatable bonds is 5. The topological polar surface area (TPSA) is 45.2 Å². The van der Waals surface area contributed by atoms with Gasteiger partial charge < -0.3 is 10.2 Å². The fraction of sp³-hybridized carbons (Fsp3) is 0.333. The summed E-state index contributed by atoms with van der Waals surface area (Å²) in [6.07, 6.45) is 0.903. The summed E-state index contributed by atoms with van der Waals surface area (Å²) in [7, 11) is 4.01. The van der Waals surface area contributed by atoms with Gasteiger partial charge in [-0.15, -0.1) is 0 Å². The van der Waals surface area contributed by atoms with Crippen LogP contribution in [-0.2, 0) is 0 Å². The zero-order chi connectivity index (χ0) is 14.5. The number of para-hydroxylation sites is 1. The van der Waals surface area contributed by atoms with Gasteiger partial charge in [0, 0.05) is 11.9 Å². The first-order valence-electron chi connectivity index (χ1n) is 6.56. The van der Waals surface area contributed by atoms with Crippen LogP contribution in [0.1, 0.15) is 16.9 Å². The fourth-order valence-corrected chi connectivity index (χ4v) is 2.20. The number of aromatic nitrogens is 1. The number of nitrogens with one attached hydrogen (secondary N) is 1. The molecule has 0 unspecified atom stereocenters. The van der Waals surface area contributed by atoms with E-state index in [1.54, 1.807) is 6.07 Å². The van der Waals surface area contributed by atoms with Gasteiger partial charge in [-0.1, -0.05) is 29.8 Å². The van der Waals surface area contributed by atoms with Crippen molar-refractivity contribution in [3.05, 3.63) is 41.0 Å². The van der Waals surface area contributed by atoms with Gasteiger partial charge in [-0.25, -0.2) is 4.98 Å². The molecule has 2 rings (SSSR count). The molecular weight excluding hydrogens is 274 g/mol. The molecule has 0 bridgehead atoms. The van der Waals surface area contributed by atoms with E-state index in [0.717, 1.165) is 23.9 Å². The smallest absolute Gasteiger partial charge is 0.269 e. The summed E-state index contributed by atoms with van der Waals surface area (Å²) in [5.74, 6) is -0.184. The Morgan fingerprint density at radius 1 is 1.35 bits per heavy atom. The van der Waals surface area contributed by atoms with Gasteiger partial charge in [0.2, 0.25) is 0 Å².